The Labute approximate surface area is 148 Å². The molecule has 6 heteroatoms. The predicted molar refractivity (Wildman–Crippen MR) is 99.5 cm³/mol. The second-order valence-corrected chi connectivity index (χ2v) is 6.74. The molecule has 0 saturated carbocycles. The summed E-state index contributed by atoms with van der Waals surface area (Å²) in [5.41, 5.74) is 8.00. The van der Waals surface area contributed by atoms with Crippen LogP contribution in [0, 0.1) is 5.92 Å². The lowest BCUT2D eigenvalue weighted by Gasteiger charge is -2.36. The number of nitrogens with zero attached hydrogens (tertiary/aromatic N) is 2. The van der Waals surface area contributed by atoms with Crippen LogP contribution in [0.5, 0.6) is 0 Å². The molecule has 0 radical (unpaired) electrons. The van der Waals surface area contributed by atoms with Crippen LogP contribution in [0.15, 0.2) is 40.5 Å². The Morgan fingerprint density at radius 3 is 2.52 bits per heavy atom. The summed E-state index contributed by atoms with van der Waals surface area (Å²) in [6.07, 6.45) is -0.00305. The Morgan fingerprint density at radius 1 is 1.24 bits per heavy atom. The number of hydrogen-bond acceptors (Lipinski definition) is 6. The molecule has 2 heterocycles. The quantitative estimate of drug-likeness (QED) is 0.821. The van der Waals surface area contributed by atoms with Crippen molar-refractivity contribution < 1.29 is 9.53 Å². The van der Waals surface area contributed by atoms with Crippen LogP contribution in [-0.2, 0) is 9.53 Å². The molecule has 6 nitrogen and oxygen atoms in total. The van der Waals surface area contributed by atoms with E-state index in [0.29, 0.717) is 12.2 Å². The van der Waals surface area contributed by atoms with Gasteiger partial charge in [0.15, 0.2) is 0 Å². The van der Waals surface area contributed by atoms with Crippen molar-refractivity contribution >= 4 is 17.4 Å². The first-order valence-electron chi connectivity index (χ1n) is 8.64. The van der Waals surface area contributed by atoms with Crippen LogP contribution < -0.4 is 15.6 Å². The molecule has 2 N–H and O–H groups in total. The Morgan fingerprint density at radius 2 is 1.92 bits per heavy atom. The van der Waals surface area contributed by atoms with E-state index >= 15 is 0 Å². The van der Waals surface area contributed by atoms with Crippen molar-refractivity contribution in [3.63, 3.8) is 0 Å². The summed E-state index contributed by atoms with van der Waals surface area (Å²) in [6, 6.07) is 8.02. The molecule has 0 saturated heterocycles. The van der Waals surface area contributed by atoms with Crippen LogP contribution in [0.1, 0.15) is 32.4 Å². The number of rotatable bonds is 4. The molecular weight excluding hydrogens is 316 g/mol. The monoisotopic (exact) mass is 342 g/mol. The second kappa shape index (κ2) is 6.88. The van der Waals surface area contributed by atoms with Gasteiger partial charge in [-0.2, -0.15) is 5.10 Å². The zero-order valence-corrected chi connectivity index (χ0v) is 15.5. The summed E-state index contributed by atoms with van der Waals surface area (Å²) in [6.45, 7) is 6.19. The lowest BCUT2D eigenvalue weighted by Crippen LogP contribution is -2.50. The molecule has 0 fully saturated rings. The molecule has 0 amide bonds. The predicted octanol–water partition coefficient (Wildman–Crippen LogP) is 2.20. The van der Waals surface area contributed by atoms with Gasteiger partial charge in [-0.1, -0.05) is 12.1 Å². The van der Waals surface area contributed by atoms with Gasteiger partial charge in [0.2, 0.25) is 0 Å². The summed E-state index contributed by atoms with van der Waals surface area (Å²) in [7, 11) is 4.02. The molecule has 2 aliphatic rings. The van der Waals surface area contributed by atoms with Gasteiger partial charge in [-0.25, -0.2) is 4.79 Å². The molecule has 1 aromatic rings. The zero-order valence-electron chi connectivity index (χ0n) is 15.5. The summed E-state index contributed by atoms with van der Waals surface area (Å²) in [5.74, 6) is -0.177. The molecule has 3 rings (SSSR count). The van der Waals surface area contributed by atoms with E-state index in [1.165, 1.54) is 0 Å². The highest BCUT2D eigenvalue weighted by Gasteiger charge is 2.42. The van der Waals surface area contributed by atoms with E-state index in [-0.39, 0.29) is 24.1 Å². The number of ether oxygens (including phenoxy) is 1. The van der Waals surface area contributed by atoms with Crippen LogP contribution in [0.4, 0.5) is 5.69 Å². The molecule has 0 aliphatic carbocycles. The maximum absolute atomic E-state index is 12.7. The highest BCUT2D eigenvalue weighted by atomic mass is 16.5. The summed E-state index contributed by atoms with van der Waals surface area (Å²) < 4.78 is 5.34. The second-order valence-electron chi connectivity index (χ2n) is 6.74. The van der Waals surface area contributed by atoms with Gasteiger partial charge in [-0.05, 0) is 44.0 Å². The molecular formula is C19H26N4O2. The fourth-order valence-corrected chi connectivity index (χ4v) is 3.63. The van der Waals surface area contributed by atoms with E-state index in [9.17, 15) is 4.79 Å². The third-order valence-corrected chi connectivity index (χ3v) is 4.93. The van der Waals surface area contributed by atoms with Gasteiger partial charge in [-0.15, -0.1) is 0 Å². The molecule has 1 aromatic carbocycles. The highest BCUT2D eigenvalue weighted by molar-refractivity contribution is 5.96. The van der Waals surface area contributed by atoms with Crippen LogP contribution in [0.3, 0.4) is 0 Å². The molecule has 0 spiro atoms. The molecule has 0 aromatic heterocycles. The smallest absolute Gasteiger partial charge is 0.335 e. The van der Waals surface area contributed by atoms with Crippen molar-refractivity contribution in [2.75, 3.05) is 25.6 Å². The minimum absolute atomic E-state index is 0.00305. The third-order valence-electron chi connectivity index (χ3n) is 4.93. The van der Waals surface area contributed by atoms with Crippen molar-refractivity contribution in [3.8, 4) is 0 Å². The topological polar surface area (TPSA) is 66.0 Å². The summed E-state index contributed by atoms with van der Waals surface area (Å²) in [4.78, 5) is 14.7. The van der Waals surface area contributed by atoms with E-state index in [1.807, 2.05) is 34.9 Å². The van der Waals surface area contributed by atoms with E-state index in [4.69, 9.17) is 4.74 Å². The first kappa shape index (κ1) is 17.5. The number of esters is 1. The maximum atomic E-state index is 12.7. The van der Waals surface area contributed by atoms with Gasteiger partial charge in [0.1, 0.15) is 6.17 Å². The normalized spacial score (nSPS) is 25.2. The van der Waals surface area contributed by atoms with Gasteiger partial charge in [0.05, 0.1) is 24.1 Å². The average molecular weight is 342 g/mol. The van der Waals surface area contributed by atoms with Gasteiger partial charge >= 0.3 is 5.97 Å². The van der Waals surface area contributed by atoms with Crippen molar-refractivity contribution in [1.82, 2.24) is 10.7 Å². The Kier molecular flexibility index (Phi) is 4.81. The number of nitrogens with one attached hydrogen (secondary N) is 2. The molecule has 2 aliphatic heterocycles. The number of carbonyl (C=O) groups is 1. The third kappa shape index (κ3) is 3.14. The maximum Gasteiger partial charge on any atom is 0.335 e. The number of anilines is 1. The number of fused-ring (bicyclic) bond motifs is 1. The minimum Gasteiger partial charge on any atom is -0.463 e. The van der Waals surface area contributed by atoms with E-state index in [0.717, 1.165) is 22.5 Å². The summed E-state index contributed by atoms with van der Waals surface area (Å²) >= 11 is 0. The minimum atomic E-state index is -0.257. The average Bonchev–Trinajstić information content (AvgIpc) is 2.96. The van der Waals surface area contributed by atoms with Gasteiger partial charge in [0.25, 0.3) is 0 Å². The van der Waals surface area contributed by atoms with Gasteiger partial charge < -0.3 is 9.64 Å². The molecule has 3 atom stereocenters. The Balaban J connectivity index is 2.02. The first-order valence-corrected chi connectivity index (χ1v) is 8.64. The van der Waals surface area contributed by atoms with Crippen LogP contribution in [-0.4, -0.2) is 38.5 Å². The van der Waals surface area contributed by atoms with Crippen molar-refractivity contribution in [1.29, 1.82) is 0 Å². The Hall–Kier alpha value is -2.34. The van der Waals surface area contributed by atoms with E-state index in [1.54, 1.807) is 0 Å². The number of benzene rings is 1. The Bertz CT molecular complexity index is 721. The van der Waals surface area contributed by atoms with Crippen molar-refractivity contribution in [3.05, 3.63) is 41.0 Å². The largest absolute Gasteiger partial charge is 0.463 e. The van der Waals surface area contributed by atoms with Crippen molar-refractivity contribution in [2.45, 2.75) is 33.0 Å². The molecule has 25 heavy (non-hydrogen) atoms. The highest BCUT2D eigenvalue weighted by Crippen LogP contribution is 2.37. The number of carbonyl (C=O) groups excluding carboxylic acids is 1. The zero-order chi connectivity index (χ0) is 18.1. The van der Waals surface area contributed by atoms with Gasteiger partial charge in [0, 0.05) is 25.5 Å². The molecule has 0 bridgehead atoms. The molecule has 0 unspecified atom stereocenters. The summed E-state index contributed by atoms with van der Waals surface area (Å²) in [5, 5.41) is 7.88. The first-order chi connectivity index (χ1) is 11.9. The van der Waals surface area contributed by atoms with Crippen LogP contribution in [0.25, 0.3) is 0 Å². The number of hydrogen-bond donors (Lipinski definition) is 2. The van der Waals surface area contributed by atoms with Crippen molar-refractivity contribution in [2.24, 2.45) is 11.0 Å². The van der Waals surface area contributed by atoms with Gasteiger partial charge in [-0.3, -0.25) is 10.7 Å². The van der Waals surface area contributed by atoms with Crippen LogP contribution >= 0.6 is 0 Å². The van der Waals surface area contributed by atoms with E-state index in [2.05, 4.69) is 45.0 Å². The van der Waals surface area contributed by atoms with E-state index < -0.39 is 0 Å². The fourth-order valence-electron chi connectivity index (χ4n) is 3.63. The number of hydrazone groups is 1. The SMILES string of the molecule is CCOC(=O)C1=C(C)[C@@H]2C(C)=NN[C@H]2N[C@@H]1c1ccc(N(C)C)cc1. The lowest BCUT2D eigenvalue weighted by atomic mass is 9.81. The fraction of sp³-hybridized carbons (Fsp3) is 0.474. The van der Waals surface area contributed by atoms with Crippen LogP contribution in [0.2, 0.25) is 0 Å². The lowest BCUT2D eigenvalue weighted by molar-refractivity contribution is -0.139. The molecule has 134 valence electrons. The standard InChI is InChI=1S/C19H26N4O2/c1-6-25-19(24)16-11(2)15-12(3)21-22-18(15)20-17(16)13-7-9-14(10-8-13)23(4)5/h7-10,15,17-18,20,22H,6H2,1-5H3/t15-,17-,18-/m1/s1.